The van der Waals surface area contributed by atoms with E-state index < -0.39 is 0 Å². The fraction of sp³-hybridized carbons (Fsp3) is 0.316. The summed E-state index contributed by atoms with van der Waals surface area (Å²) in [6.45, 7) is 2.48. The number of carbonyl (C=O) groups is 1. The summed E-state index contributed by atoms with van der Waals surface area (Å²) in [5, 5.41) is 2.99. The minimum atomic E-state index is -0.200. The van der Waals surface area contributed by atoms with Crippen LogP contribution in [0, 0.1) is 0 Å². The Balaban J connectivity index is 0.00000113. The van der Waals surface area contributed by atoms with E-state index in [4.69, 9.17) is 4.74 Å². The monoisotopic (exact) mass is 380 g/mol. The largest absolute Gasteiger partial charge is 0.497 e. The molecule has 4 rings (SSSR count). The quantitative estimate of drug-likeness (QED) is 0.869. The average Bonchev–Trinajstić information content (AvgIpc) is 2.61. The molecule has 2 aromatic carbocycles. The maximum atomic E-state index is 12.4. The molecule has 0 bridgehead atoms. The Morgan fingerprint density at radius 3 is 2.56 bits per heavy atom. The van der Waals surface area contributed by atoms with Crippen molar-refractivity contribution in [1.29, 1.82) is 0 Å². The minimum absolute atomic E-state index is 0. The molecule has 0 aromatic heterocycles. The Labute approximate surface area is 160 Å². The lowest BCUT2D eigenvalue weighted by molar-refractivity contribution is -0.129. The van der Waals surface area contributed by atoms with Crippen molar-refractivity contribution in [1.82, 2.24) is 10.2 Å². The van der Waals surface area contributed by atoms with E-state index in [2.05, 4.69) is 40.5 Å². The van der Waals surface area contributed by atoms with Crippen LogP contribution in [0.3, 0.4) is 0 Å². The third-order valence-electron chi connectivity index (χ3n) is 4.89. The molecule has 0 unspecified atom stereocenters. The summed E-state index contributed by atoms with van der Waals surface area (Å²) in [6, 6.07) is 16.5. The molecule has 1 N–H and O–H groups in total. The highest BCUT2D eigenvalue weighted by Crippen LogP contribution is 2.41. The highest BCUT2D eigenvalue weighted by Gasteiger charge is 2.39. The maximum Gasteiger partial charge on any atom is 0.242 e. The van der Waals surface area contributed by atoms with E-state index in [-0.39, 0.29) is 36.8 Å². The van der Waals surface area contributed by atoms with Gasteiger partial charge in [0.05, 0.1) is 7.11 Å². The highest BCUT2D eigenvalue weighted by molar-refractivity contribution is 5.86. The van der Waals surface area contributed by atoms with Crippen LogP contribution >= 0.6 is 24.8 Å². The predicted molar refractivity (Wildman–Crippen MR) is 103 cm³/mol. The van der Waals surface area contributed by atoms with Crippen LogP contribution in [0.2, 0.25) is 0 Å². The number of methoxy groups -OCH3 is 1. The van der Waals surface area contributed by atoms with Gasteiger partial charge in [0.1, 0.15) is 11.8 Å². The second kappa shape index (κ2) is 8.09. The second-order valence-corrected chi connectivity index (χ2v) is 6.15. The van der Waals surface area contributed by atoms with E-state index in [1.165, 1.54) is 11.1 Å². The SMILES string of the molecule is COc1ccc2c(c1)[C@H]1C(=O)NCCN1C[C@H]2c1ccccc1.Cl.Cl. The Kier molecular flexibility index (Phi) is 6.33. The molecule has 2 aromatic rings. The van der Waals surface area contributed by atoms with Crippen LogP contribution in [-0.2, 0) is 4.79 Å². The van der Waals surface area contributed by atoms with Crippen LogP contribution in [0.5, 0.6) is 5.75 Å². The smallest absolute Gasteiger partial charge is 0.242 e. The zero-order valence-electron chi connectivity index (χ0n) is 14.0. The van der Waals surface area contributed by atoms with Gasteiger partial charge in [-0.15, -0.1) is 24.8 Å². The number of nitrogens with one attached hydrogen (secondary N) is 1. The van der Waals surface area contributed by atoms with Gasteiger partial charge in [-0.05, 0) is 28.8 Å². The molecule has 0 spiro atoms. The number of hydrogen-bond donors (Lipinski definition) is 1. The molecule has 0 saturated carbocycles. The average molecular weight is 381 g/mol. The van der Waals surface area contributed by atoms with Gasteiger partial charge in [-0.2, -0.15) is 0 Å². The second-order valence-electron chi connectivity index (χ2n) is 6.15. The molecule has 2 aliphatic heterocycles. The van der Waals surface area contributed by atoms with Gasteiger partial charge >= 0.3 is 0 Å². The molecule has 134 valence electrons. The van der Waals surface area contributed by atoms with Crippen molar-refractivity contribution >= 4 is 30.7 Å². The Morgan fingerprint density at radius 1 is 1.08 bits per heavy atom. The molecule has 4 nitrogen and oxygen atoms in total. The van der Waals surface area contributed by atoms with Crippen LogP contribution in [-0.4, -0.2) is 37.6 Å². The molecule has 25 heavy (non-hydrogen) atoms. The van der Waals surface area contributed by atoms with E-state index in [1.54, 1.807) is 7.11 Å². The third-order valence-corrected chi connectivity index (χ3v) is 4.89. The summed E-state index contributed by atoms with van der Waals surface area (Å²) in [7, 11) is 1.66. The molecule has 2 aliphatic rings. The molecule has 1 saturated heterocycles. The van der Waals surface area contributed by atoms with Crippen molar-refractivity contribution in [3.63, 3.8) is 0 Å². The number of hydrogen-bond acceptors (Lipinski definition) is 3. The van der Waals surface area contributed by atoms with Crippen LogP contribution in [0.4, 0.5) is 0 Å². The van der Waals surface area contributed by atoms with Gasteiger partial charge in [0.15, 0.2) is 0 Å². The van der Waals surface area contributed by atoms with Crippen LogP contribution in [0.15, 0.2) is 48.5 Å². The fourth-order valence-electron chi connectivity index (χ4n) is 3.79. The van der Waals surface area contributed by atoms with E-state index >= 15 is 0 Å². The van der Waals surface area contributed by atoms with Gasteiger partial charge in [-0.1, -0.05) is 36.4 Å². The first-order chi connectivity index (χ1) is 11.3. The molecule has 2 heterocycles. The van der Waals surface area contributed by atoms with E-state index in [1.807, 2.05) is 18.2 Å². The Hall–Kier alpha value is -1.75. The number of halogens is 2. The molecule has 0 aliphatic carbocycles. The van der Waals surface area contributed by atoms with Crippen molar-refractivity contribution in [2.24, 2.45) is 0 Å². The molecule has 2 atom stereocenters. The standard InChI is InChI=1S/C19H20N2O2.2ClH/c1-23-14-7-8-15-16(11-14)18-19(22)20-9-10-21(18)12-17(15)13-5-3-2-4-6-13;;/h2-8,11,17-18H,9-10,12H2,1H3,(H,20,22);2*1H/t17-,18-;;/m0../s1. The summed E-state index contributed by atoms with van der Waals surface area (Å²) < 4.78 is 5.39. The van der Waals surface area contributed by atoms with Crippen molar-refractivity contribution < 1.29 is 9.53 Å². The Bertz CT molecular complexity index is 739. The van der Waals surface area contributed by atoms with Crippen molar-refractivity contribution in [3.8, 4) is 5.75 Å². The summed E-state index contributed by atoms with van der Waals surface area (Å²) in [5.41, 5.74) is 3.60. The van der Waals surface area contributed by atoms with Crippen LogP contribution in [0.25, 0.3) is 0 Å². The van der Waals surface area contributed by atoms with Gasteiger partial charge in [-0.3, -0.25) is 9.69 Å². The third kappa shape index (κ3) is 3.47. The van der Waals surface area contributed by atoms with Gasteiger partial charge < -0.3 is 10.1 Å². The van der Waals surface area contributed by atoms with Crippen molar-refractivity contribution in [2.45, 2.75) is 12.0 Å². The van der Waals surface area contributed by atoms with Crippen LogP contribution in [0.1, 0.15) is 28.7 Å². The molecular formula is C19H22Cl2N2O2. The first kappa shape index (κ1) is 19.6. The number of carbonyl (C=O) groups excluding carboxylic acids is 1. The number of rotatable bonds is 2. The summed E-state index contributed by atoms with van der Waals surface area (Å²) >= 11 is 0. The molecule has 0 radical (unpaired) electrons. The number of fused-ring (bicyclic) bond motifs is 3. The number of ether oxygens (including phenoxy) is 1. The maximum absolute atomic E-state index is 12.4. The summed E-state index contributed by atoms with van der Waals surface area (Å²) in [4.78, 5) is 14.7. The van der Waals surface area contributed by atoms with Gasteiger partial charge in [0.2, 0.25) is 5.91 Å². The van der Waals surface area contributed by atoms with E-state index in [0.29, 0.717) is 5.92 Å². The molecule has 1 fully saturated rings. The fourth-order valence-corrected chi connectivity index (χ4v) is 3.79. The summed E-state index contributed by atoms with van der Waals surface area (Å²) in [5.74, 6) is 1.19. The zero-order valence-corrected chi connectivity index (χ0v) is 15.6. The predicted octanol–water partition coefficient (Wildman–Crippen LogP) is 3.16. The van der Waals surface area contributed by atoms with E-state index in [9.17, 15) is 4.79 Å². The number of piperazine rings is 1. The molecular weight excluding hydrogens is 359 g/mol. The first-order valence-electron chi connectivity index (χ1n) is 8.02. The number of amides is 1. The lowest BCUT2D eigenvalue weighted by atomic mass is 9.80. The minimum Gasteiger partial charge on any atom is -0.497 e. The van der Waals surface area contributed by atoms with Gasteiger partial charge in [0, 0.05) is 25.6 Å². The van der Waals surface area contributed by atoms with Gasteiger partial charge in [0.25, 0.3) is 0 Å². The Morgan fingerprint density at radius 2 is 1.84 bits per heavy atom. The van der Waals surface area contributed by atoms with E-state index in [0.717, 1.165) is 30.9 Å². The molecule has 6 heteroatoms. The highest BCUT2D eigenvalue weighted by atomic mass is 35.5. The van der Waals surface area contributed by atoms with Gasteiger partial charge in [-0.25, -0.2) is 0 Å². The number of benzene rings is 2. The lowest BCUT2D eigenvalue weighted by Crippen LogP contribution is -2.53. The summed E-state index contributed by atoms with van der Waals surface area (Å²) in [6.07, 6.45) is 0. The zero-order chi connectivity index (χ0) is 15.8. The topological polar surface area (TPSA) is 41.6 Å². The van der Waals surface area contributed by atoms with Crippen LogP contribution < -0.4 is 10.1 Å². The molecule has 1 amide bonds. The van der Waals surface area contributed by atoms with Crippen molar-refractivity contribution in [3.05, 3.63) is 65.2 Å². The normalized spacial score (nSPS) is 21.7. The van der Waals surface area contributed by atoms with Crippen molar-refractivity contribution in [2.75, 3.05) is 26.7 Å². The first-order valence-corrected chi connectivity index (χ1v) is 8.02. The number of nitrogens with zero attached hydrogens (tertiary/aromatic N) is 1. The lowest BCUT2D eigenvalue weighted by Gasteiger charge is -2.43.